The Hall–Kier alpha value is -1.82. The zero-order valence-corrected chi connectivity index (χ0v) is 11.0. The number of methoxy groups -OCH3 is 1. The van der Waals surface area contributed by atoms with Gasteiger partial charge in [-0.3, -0.25) is 4.68 Å². The predicted molar refractivity (Wildman–Crippen MR) is 67.4 cm³/mol. The normalized spacial score (nSPS) is 11.4. The minimum absolute atomic E-state index is 0.203. The van der Waals surface area contributed by atoms with Crippen LogP contribution in [0.25, 0.3) is 0 Å². The highest BCUT2D eigenvalue weighted by Gasteiger charge is 2.14. The molecule has 18 heavy (non-hydrogen) atoms. The van der Waals surface area contributed by atoms with E-state index in [1.54, 1.807) is 29.1 Å². The molecule has 6 heteroatoms. The highest BCUT2D eigenvalue weighted by molar-refractivity contribution is 7.90. The lowest BCUT2D eigenvalue weighted by molar-refractivity contribution is 0.402. The average molecular weight is 266 g/mol. The first kappa shape index (κ1) is 12.6. The molecule has 2 rings (SSSR count). The molecule has 0 spiro atoms. The molecule has 2 aromatic rings. The largest absolute Gasteiger partial charge is 0.495 e. The highest BCUT2D eigenvalue weighted by Crippen LogP contribution is 2.25. The van der Waals surface area contributed by atoms with Crippen molar-refractivity contribution in [3.63, 3.8) is 0 Å². The third-order valence-corrected chi connectivity index (χ3v) is 3.67. The van der Waals surface area contributed by atoms with Crippen LogP contribution in [0.4, 0.5) is 0 Å². The maximum atomic E-state index is 11.5. The molecule has 96 valence electrons. The molecule has 0 unspecified atom stereocenters. The number of ether oxygens (including phenoxy) is 1. The second-order valence-electron chi connectivity index (χ2n) is 3.96. The number of nitrogens with zero attached hydrogens (tertiary/aromatic N) is 2. The number of aromatic nitrogens is 2. The molecule has 0 aliphatic carbocycles. The van der Waals surface area contributed by atoms with Crippen LogP contribution in [0.5, 0.6) is 5.75 Å². The van der Waals surface area contributed by atoms with E-state index in [1.165, 1.54) is 7.11 Å². The van der Waals surface area contributed by atoms with Gasteiger partial charge in [0.15, 0.2) is 9.84 Å². The summed E-state index contributed by atoms with van der Waals surface area (Å²) >= 11 is 0. The van der Waals surface area contributed by atoms with E-state index in [2.05, 4.69) is 5.10 Å². The topological polar surface area (TPSA) is 61.2 Å². The lowest BCUT2D eigenvalue weighted by atomic mass is 10.2. The van der Waals surface area contributed by atoms with Gasteiger partial charge in [-0.15, -0.1) is 0 Å². The predicted octanol–water partition coefficient (Wildman–Crippen LogP) is 1.34. The van der Waals surface area contributed by atoms with Crippen molar-refractivity contribution in [3.05, 3.63) is 42.2 Å². The SMILES string of the molecule is COc1cc(Cn2cccn2)ccc1S(C)(=O)=O. The van der Waals surface area contributed by atoms with Crippen molar-refractivity contribution in [2.24, 2.45) is 0 Å². The average Bonchev–Trinajstić information content (AvgIpc) is 2.80. The van der Waals surface area contributed by atoms with Crippen LogP contribution in [0.15, 0.2) is 41.6 Å². The fraction of sp³-hybridized carbons (Fsp3) is 0.250. The molecule has 0 aliphatic heterocycles. The zero-order valence-electron chi connectivity index (χ0n) is 10.2. The second kappa shape index (κ2) is 4.81. The Labute approximate surface area is 106 Å². The molecule has 5 nitrogen and oxygen atoms in total. The summed E-state index contributed by atoms with van der Waals surface area (Å²) in [6.07, 6.45) is 4.71. The Morgan fingerprint density at radius 1 is 1.39 bits per heavy atom. The van der Waals surface area contributed by atoms with Gasteiger partial charge in [-0.2, -0.15) is 5.10 Å². The van der Waals surface area contributed by atoms with Crippen molar-refractivity contribution in [2.75, 3.05) is 13.4 Å². The van der Waals surface area contributed by atoms with Crippen LogP contribution >= 0.6 is 0 Å². The van der Waals surface area contributed by atoms with Crippen molar-refractivity contribution >= 4 is 9.84 Å². The molecule has 1 heterocycles. The van der Waals surface area contributed by atoms with E-state index in [1.807, 2.05) is 12.3 Å². The van der Waals surface area contributed by atoms with E-state index in [-0.39, 0.29) is 4.90 Å². The second-order valence-corrected chi connectivity index (χ2v) is 5.95. The summed E-state index contributed by atoms with van der Waals surface area (Å²) in [7, 11) is -1.81. The molecule has 0 amide bonds. The summed E-state index contributed by atoms with van der Waals surface area (Å²) in [6.45, 7) is 0.577. The maximum absolute atomic E-state index is 11.5. The quantitative estimate of drug-likeness (QED) is 0.838. The Bertz CT molecular complexity index is 633. The summed E-state index contributed by atoms with van der Waals surface area (Å²) in [6, 6.07) is 6.88. The summed E-state index contributed by atoms with van der Waals surface area (Å²) in [5, 5.41) is 4.10. The van der Waals surface area contributed by atoms with Crippen molar-refractivity contribution in [3.8, 4) is 5.75 Å². The molecule has 1 aromatic carbocycles. The molecule has 0 aliphatic rings. The molecule has 0 fully saturated rings. The van der Waals surface area contributed by atoms with Crippen molar-refractivity contribution in [1.29, 1.82) is 0 Å². The Kier molecular flexibility index (Phi) is 3.38. The fourth-order valence-electron chi connectivity index (χ4n) is 1.70. The molecule has 1 aromatic heterocycles. The van der Waals surface area contributed by atoms with Gasteiger partial charge in [-0.25, -0.2) is 8.42 Å². The number of hydrogen-bond acceptors (Lipinski definition) is 4. The first-order valence-corrected chi connectivity index (χ1v) is 7.24. The smallest absolute Gasteiger partial charge is 0.179 e. The number of benzene rings is 1. The van der Waals surface area contributed by atoms with E-state index >= 15 is 0 Å². The van der Waals surface area contributed by atoms with Gasteiger partial charge in [0.2, 0.25) is 0 Å². The van der Waals surface area contributed by atoms with Crippen molar-refractivity contribution in [1.82, 2.24) is 9.78 Å². The summed E-state index contributed by atoms with van der Waals surface area (Å²) in [5.74, 6) is 0.363. The van der Waals surface area contributed by atoms with Gasteiger partial charge >= 0.3 is 0 Å². The fourth-order valence-corrected chi connectivity index (χ4v) is 2.52. The van der Waals surface area contributed by atoms with Crippen LogP contribution < -0.4 is 4.74 Å². The van der Waals surface area contributed by atoms with E-state index in [0.717, 1.165) is 11.8 Å². The first-order chi connectivity index (χ1) is 8.50. The van der Waals surface area contributed by atoms with Gasteiger partial charge < -0.3 is 4.74 Å². The molecule has 0 saturated carbocycles. The van der Waals surface area contributed by atoms with Crippen LogP contribution in [-0.2, 0) is 16.4 Å². The third kappa shape index (κ3) is 2.70. The summed E-state index contributed by atoms with van der Waals surface area (Å²) in [4.78, 5) is 0.203. The van der Waals surface area contributed by atoms with Crippen LogP contribution in [0, 0.1) is 0 Å². The van der Waals surface area contributed by atoms with Crippen molar-refractivity contribution < 1.29 is 13.2 Å². The van der Waals surface area contributed by atoms with E-state index in [9.17, 15) is 8.42 Å². The molecular formula is C12H14N2O3S. The minimum atomic E-state index is -3.27. The Morgan fingerprint density at radius 2 is 2.17 bits per heavy atom. The molecule has 0 N–H and O–H groups in total. The van der Waals surface area contributed by atoms with Crippen LogP contribution in [-0.4, -0.2) is 31.6 Å². The molecule has 0 atom stereocenters. The van der Waals surface area contributed by atoms with E-state index in [0.29, 0.717) is 12.3 Å². The van der Waals surface area contributed by atoms with Gasteiger partial charge in [0.25, 0.3) is 0 Å². The van der Waals surface area contributed by atoms with E-state index in [4.69, 9.17) is 4.74 Å². The van der Waals surface area contributed by atoms with Gasteiger partial charge in [-0.05, 0) is 23.8 Å². The number of rotatable bonds is 4. The third-order valence-electron chi connectivity index (χ3n) is 2.53. The highest BCUT2D eigenvalue weighted by atomic mass is 32.2. The first-order valence-electron chi connectivity index (χ1n) is 5.35. The van der Waals surface area contributed by atoms with E-state index < -0.39 is 9.84 Å². The molecule has 0 bridgehead atoms. The van der Waals surface area contributed by atoms with Crippen molar-refractivity contribution in [2.45, 2.75) is 11.4 Å². The summed E-state index contributed by atoms with van der Waals surface area (Å²) < 4.78 is 30.0. The molecular weight excluding hydrogens is 252 g/mol. The molecule has 0 radical (unpaired) electrons. The van der Waals surface area contributed by atoms with Crippen LogP contribution in [0.3, 0.4) is 0 Å². The van der Waals surface area contributed by atoms with Gasteiger partial charge in [0.05, 0.1) is 13.7 Å². The van der Waals surface area contributed by atoms with Crippen LogP contribution in [0.2, 0.25) is 0 Å². The Balaban J connectivity index is 2.36. The van der Waals surface area contributed by atoms with Gasteiger partial charge in [0.1, 0.15) is 10.6 Å². The monoisotopic (exact) mass is 266 g/mol. The number of sulfone groups is 1. The summed E-state index contributed by atoms with van der Waals surface area (Å²) in [5.41, 5.74) is 0.933. The molecule has 0 saturated heterocycles. The van der Waals surface area contributed by atoms with Crippen LogP contribution in [0.1, 0.15) is 5.56 Å². The minimum Gasteiger partial charge on any atom is -0.495 e. The maximum Gasteiger partial charge on any atom is 0.179 e. The zero-order chi connectivity index (χ0) is 13.2. The van der Waals surface area contributed by atoms with Gasteiger partial charge in [0, 0.05) is 18.6 Å². The Morgan fingerprint density at radius 3 is 2.72 bits per heavy atom. The van der Waals surface area contributed by atoms with Gasteiger partial charge in [-0.1, -0.05) is 6.07 Å². The lowest BCUT2D eigenvalue weighted by Crippen LogP contribution is -2.04. The number of hydrogen-bond donors (Lipinski definition) is 0. The standard InChI is InChI=1S/C12H14N2O3S/c1-17-11-8-10(9-14-7-3-6-13-14)4-5-12(11)18(2,15)16/h3-8H,9H2,1-2H3. The lowest BCUT2D eigenvalue weighted by Gasteiger charge is -2.09.